The molecule has 2 aliphatic heterocycles. The van der Waals surface area contributed by atoms with Crippen molar-refractivity contribution >= 4 is 22.9 Å². The van der Waals surface area contributed by atoms with Crippen molar-refractivity contribution < 1.29 is 9.53 Å². The Morgan fingerprint density at radius 3 is 2.79 bits per heavy atom. The Bertz CT molecular complexity index is 879. The third kappa shape index (κ3) is 3.29. The number of amides is 1. The molecule has 0 N–H and O–H groups in total. The molecule has 152 valence electrons. The van der Waals surface area contributed by atoms with E-state index in [0.29, 0.717) is 19.0 Å². The Labute approximate surface area is 165 Å². The number of aromatic nitrogens is 4. The van der Waals surface area contributed by atoms with Crippen LogP contribution in [-0.2, 0) is 17.7 Å². The number of carbonyl (C=O) groups excluding carboxylic acids is 1. The Morgan fingerprint density at radius 2 is 2.11 bits per heavy atom. The number of fused-ring (bicyclic) bond motifs is 1. The lowest BCUT2D eigenvalue weighted by atomic mass is 10.0. The van der Waals surface area contributed by atoms with Crippen LogP contribution in [-0.4, -0.2) is 63.0 Å². The van der Waals surface area contributed by atoms with Gasteiger partial charge in [0.2, 0.25) is 0 Å². The van der Waals surface area contributed by atoms with Gasteiger partial charge in [0, 0.05) is 26.6 Å². The zero-order chi connectivity index (χ0) is 19.9. The summed E-state index contributed by atoms with van der Waals surface area (Å²) in [5.74, 6) is 1.42. The maximum Gasteiger partial charge on any atom is 0.410 e. The van der Waals surface area contributed by atoms with Crippen molar-refractivity contribution in [2.24, 2.45) is 5.92 Å². The zero-order valence-corrected chi connectivity index (χ0v) is 17.3. The summed E-state index contributed by atoms with van der Waals surface area (Å²) in [6.07, 6.45) is 5.31. The minimum atomic E-state index is -0.431. The van der Waals surface area contributed by atoms with Gasteiger partial charge in [0.15, 0.2) is 11.2 Å². The molecule has 2 saturated heterocycles. The highest BCUT2D eigenvalue weighted by Gasteiger charge is 2.49. The van der Waals surface area contributed by atoms with Gasteiger partial charge in [0.1, 0.15) is 12.1 Å². The minimum Gasteiger partial charge on any atom is -0.439 e. The van der Waals surface area contributed by atoms with Crippen LogP contribution >= 0.6 is 0 Å². The lowest BCUT2D eigenvalue weighted by molar-refractivity contribution is 0.0742. The van der Waals surface area contributed by atoms with E-state index in [2.05, 4.69) is 35.6 Å². The van der Waals surface area contributed by atoms with Crippen molar-refractivity contribution in [3.8, 4) is 0 Å². The standard InChI is InChI=1S/C20H30N6O2/c1-5-6-8-26-18-16(15(23-26)10-14(2)3)17(21-13-22-18)25-9-7-20(12-25)11-24(4)19(27)28-20/h13-14H,5-12H2,1-4H3. The highest BCUT2D eigenvalue weighted by molar-refractivity contribution is 5.90. The molecule has 0 radical (unpaired) electrons. The Kier molecular flexibility index (Phi) is 4.89. The summed E-state index contributed by atoms with van der Waals surface area (Å²) in [6, 6.07) is 0. The number of nitrogens with zero attached hydrogens (tertiary/aromatic N) is 6. The zero-order valence-electron chi connectivity index (χ0n) is 17.3. The second-order valence-electron chi connectivity index (χ2n) is 8.60. The molecular formula is C20H30N6O2. The van der Waals surface area contributed by atoms with E-state index in [9.17, 15) is 4.79 Å². The van der Waals surface area contributed by atoms with E-state index in [4.69, 9.17) is 9.84 Å². The maximum atomic E-state index is 11.9. The van der Waals surface area contributed by atoms with Crippen molar-refractivity contribution in [2.75, 3.05) is 31.6 Å². The Hall–Kier alpha value is -2.38. The molecule has 2 fully saturated rings. The average Bonchev–Trinajstić information content (AvgIpc) is 3.29. The summed E-state index contributed by atoms with van der Waals surface area (Å²) in [7, 11) is 1.79. The van der Waals surface area contributed by atoms with Gasteiger partial charge >= 0.3 is 6.09 Å². The maximum absolute atomic E-state index is 11.9. The third-order valence-electron chi connectivity index (χ3n) is 5.66. The van der Waals surface area contributed by atoms with Crippen LogP contribution < -0.4 is 4.90 Å². The molecular weight excluding hydrogens is 356 g/mol. The summed E-state index contributed by atoms with van der Waals surface area (Å²) >= 11 is 0. The van der Waals surface area contributed by atoms with Crippen molar-refractivity contribution in [3.63, 3.8) is 0 Å². The fourth-order valence-corrected chi connectivity index (χ4v) is 4.33. The minimum absolute atomic E-state index is 0.234. The number of hydrogen-bond donors (Lipinski definition) is 0. The van der Waals surface area contributed by atoms with E-state index >= 15 is 0 Å². The van der Waals surface area contributed by atoms with Gasteiger partial charge < -0.3 is 14.5 Å². The molecule has 0 aliphatic carbocycles. The van der Waals surface area contributed by atoms with Gasteiger partial charge in [-0.3, -0.25) is 0 Å². The molecule has 1 atom stereocenters. The first-order valence-electron chi connectivity index (χ1n) is 10.3. The summed E-state index contributed by atoms with van der Waals surface area (Å²) in [6.45, 7) is 9.58. The fraction of sp³-hybridized carbons (Fsp3) is 0.700. The second kappa shape index (κ2) is 7.22. The molecule has 0 bridgehead atoms. The van der Waals surface area contributed by atoms with E-state index in [1.807, 2.05) is 4.68 Å². The quantitative estimate of drug-likeness (QED) is 0.760. The van der Waals surface area contributed by atoms with Crippen LogP contribution in [0.1, 0.15) is 45.7 Å². The first kappa shape index (κ1) is 19.0. The second-order valence-corrected chi connectivity index (χ2v) is 8.60. The molecule has 8 heteroatoms. The number of likely N-dealkylation sites (N-methyl/N-ethyl adjacent to an activating group) is 1. The monoisotopic (exact) mass is 386 g/mol. The molecule has 2 aromatic rings. The SMILES string of the molecule is CCCCn1nc(CC(C)C)c2c(N3CCC4(CN(C)C(=O)O4)C3)ncnc21. The first-order valence-corrected chi connectivity index (χ1v) is 10.3. The average molecular weight is 387 g/mol. The van der Waals surface area contributed by atoms with Crippen molar-refractivity contribution in [3.05, 3.63) is 12.0 Å². The number of carbonyl (C=O) groups is 1. The third-order valence-corrected chi connectivity index (χ3v) is 5.66. The van der Waals surface area contributed by atoms with Crippen LogP contribution in [0.2, 0.25) is 0 Å². The smallest absolute Gasteiger partial charge is 0.410 e. The van der Waals surface area contributed by atoms with Gasteiger partial charge in [-0.25, -0.2) is 19.4 Å². The summed E-state index contributed by atoms with van der Waals surface area (Å²) < 4.78 is 7.76. The van der Waals surface area contributed by atoms with Crippen LogP contribution in [0.25, 0.3) is 11.0 Å². The van der Waals surface area contributed by atoms with Gasteiger partial charge in [0.05, 0.1) is 24.2 Å². The van der Waals surface area contributed by atoms with E-state index in [-0.39, 0.29) is 6.09 Å². The lowest BCUT2D eigenvalue weighted by Crippen LogP contribution is -2.37. The summed E-state index contributed by atoms with van der Waals surface area (Å²) in [4.78, 5) is 25.0. The molecule has 1 unspecified atom stereocenters. The molecule has 8 nitrogen and oxygen atoms in total. The fourth-order valence-electron chi connectivity index (χ4n) is 4.33. The molecule has 4 rings (SSSR count). The summed E-state index contributed by atoms with van der Waals surface area (Å²) in [5.41, 5.74) is 1.55. The molecule has 1 amide bonds. The molecule has 4 heterocycles. The van der Waals surface area contributed by atoms with Gasteiger partial charge in [-0.05, 0) is 18.8 Å². The number of ether oxygens (including phenoxy) is 1. The Balaban J connectivity index is 1.71. The lowest BCUT2D eigenvalue weighted by Gasteiger charge is -2.22. The van der Waals surface area contributed by atoms with Crippen LogP contribution in [0.15, 0.2) is 6.33 Å². The van der Waals surface area contributed by atoms with Crippen molar-refractivity contribution in [2.45, 2.75) is 58.6 Å². The van der Waals surface area contributed by atoms with Crippen LogP contribution in [0, 0.1) is 5.92 Å². The van der Waals surface area contributed by atoms with Crippen LogP contribution in [0.3, 0.4) is 0 Å². The Morgan fingerprint density at radius 1 is 1.29 bits per heavy atom. The number of anilines is 1. The van der Waals surface area contributed by atoms with Gasteiger partial charge in [-0.1, -0.05) is 27.2 Å². The molecule has 0 aromatic carbocycles. The first-order chi connectivity index (χ1) is 13.4. The normalized spacial score (nSPS) is 22.2. The van der Waals surface area contributed by atoms with Crippen LogP contribution in [0.4, 0.5) is 10.6 Å². The number of aryl methyl sites for hydroxylation is 1. The van der Waals surface area contributed by atoms with Crippen molar-refractivity contribution in [1.29, 1.82) is 0 Å². The number of hydrogen-bond acceptors (Lipinski definition) is 6. The molecule has 0 saturated carbocycles. The molecule has 28 heavy (non-hydrogen) atoms. The topological polar surface area (TPSA) is 76.4 Å². The van der Waals surface area contributed by atoms with Gasteiger partial charge in [-0.2, -0.15) is 5.10 Å². The molecule has 2 aliphatic rings. The predicted octanol–water partition coefficient (Wildman–Crippen LogP) is 2.86. The molecule has 2 aromatic heterocycles. The summed E-state index contributed by atoms with van der Waals surface area (Å²) in [5, 5.41) is 5.96. The molecule has 1 spiro atoms. The van der Waals surface area contributed by atoms with Gasteiger partial charge in [-0.15, -0.1) is 0 Å². The van der Waals surface area contributed by atoms with E-state index in [0.717, 1.165) is 61.3 Å². The number of rotatable bonds is 6. The van der Waals surface area contributed by atoms with E-state index in [1.54, 1.807) is 18.3 Å². The highest BCUT2D eigenvalue weighted by atomic mass is 16.6. The van der Waals surface area contributed by atoms with Gasteiger partial charge in [0.25, 0.3) is 0 Å². The highest BCUT2D eigenvalue weighted by Crippen LogP contribution is 2.37. The number of unbranched alkanes of at least 4 members (excludes halogenated alkanes) is 1. The predicted molar refractivity (Wildman–Crippen MR) is 107 cm³/mol. The van der Waals surface area contributed by atoms with E-state index in [1.165, 1.54) is 0 Å². The van der Waals surface area contributed by atoms with Crippen LogP contribution in [0.5, 0.6) is 0 Å². The largest absolute Gasteiger partial charge is 0.439 e. The van der Waals surface area contributed by atoms with E-state index < -0.39 is 5.60 Å². The van der Waals surface area contributed by atoms with Crippen molar-refractivity contribution in [1.82, 2.24) is 24.6 Å².